The molecule has 2 heterocycles. The Morgan fingerprint density at radius 1 is 1.20 bits per heavy atom. The Hall–Kier alpha value is -3.46. The first kappa shape index (κ1) is 30.6. The number of likely N-dealkylation sites (tertiary alicyclic amines) is 1. The topological polar surface area (TPSA) is 83.8 Å². The summed E-state index contributed by atoms with van der Waals surface area (Å²) in [6.07, 6.45) is 5.62. The van der Waals surface area contributed by atoms with Crippen molar-refractivity contribution in [2.45, 2.75) is 66.0 Å². The van der Waals surface area contributed by atoms with Crippen LogP contribution in [0.1, 0.15) is 52.5 Å². The summed E-state index contributed by atoms with van der Waals surface area (Å²) >= 11 is 0. The lowest BCUT2D eigenvalue weighted by molar-refractivity contribution is -0.112. The van der Waals surface area contributed by atoms with Gasteiger partial charge >= 0.3 is 0 Å². The summed E-state index contributed by atoms with van der Waals surface area (Å²) in [6.45, 7) is 13.9. The van der Waals surface area contributed by atoms with Crippen molar-refractivity contribution in [3.05, 3.63) is 64.5 Å². The number of hydrogen-bond donors (Lipinski definition) is 2. The van der Waals surface area contributed by atoms with Crippen molar-refractivity contribution in [2.75, 3.05) is 38.6 Å². The zero-order chi connectivity index (χ0) is 31.0. The normalized spacial score (nSPS) is 26.4. The molecule has 7 rings (SSSR count). The first-order chi connectivity index (χ1) is 21.2. The van der Waals surface area contributed by atoms with Gasteiger partial charge in [-0.1, -0.05) is 33.8 Å². The van der Waals surface area contributed by atoms with Crippen LogP contribution in [-0.4, -0.2) is 59.7 Å². The third-order valence-electron chi connectivity index (χ3n) is 11.0. The summed E-state index contributed by atoms with van der Waals surface area (Å²) in [5.41, 5.74) is 2.29. The molecule has 3 aliphatic carbocycles. The number of benzene rings is 2. The number of methoxy groups -OCH3 is 1. The van der Waals surface area contributed by atoms with Crippen molar-refractivity contribution < 1.29 is 9.13 Å². The largest absolute Gasteiger partial charge is 0.497 e. The van der Waals surface area contributed by atoms with Gasteiger partial charge in [-0.05, 0) is 97.7 Å². The molecule has 8 nitrogen and oxygen atoms in total. The number of aliphatic imine (C=N–C) groups is 1. The number of guanidine groups is 1. The van der Waals surface area contributed by atoms with E-state index in [-0.39, 0.29) is 11.4 Å². The number of anilines is 1. The van der Waals surface area contributed by atoms with Crippen LogP contribution in [0.15, 0.2) is 52.5 Å². The molecule has 236 valence electrons. The van der Waals surface area contributed by atoms with E-state index in [9.17, 15) is 9.18 Å². The minimum Gasteiger partial charge on any atom is -0.497 e. The SMILES string of the molecule is CCN1CCC(CN=C(Nc2ccc3c(=O)n(CCc4ccc(OC)cc4F)cnc3c2)NC2CC3CC(C2C)C3(C)C)C1. The van der Waals surface area contributed by atoms with Crippen molar-refractivity contribution >= 4 is 22.5 Å². The summed E-state index contributed by atoms with van der Waals surface area (Å²) in [5, 5.41) is 7.91. The van der Waals surface area contributed by atoms with Gasteiger partial charge in [-0.3, -0.25) is 14.4 Å². The van der Waals surface area contributed by atoms with E-state index in [2.05, 4.69) is 48.2 Å². The zero-order valence-corrected chi connectivity index (χ0v) is 26.8. The Morgan fingerprint density at radius 2 is 2.05 bits per heavy atom. The summed E-state index contributed by atoms with van der Waals surface area (Å²) in [6, 6.07) is 10.8. The lowest BCUT2D eigenvalue weighted by atomic mass is 9.45. The van der Waals surface area contributed by atoms with E-state index >= 15 is 0 Å². The highest BCUT2D eigenvalue weighted by Crippen LogP contribution is 2.61. The summed E-state index contributed by atoms with van der Waals surface area (Å²) < 4.78 is 21.1. The molecule has 2 aromatic carbocycles. The Bertz CT molecular complexity index is 1590. The van der Waals surface area contributed by atoms with E-state index in [0.717, 1.165) is 56.1 Å². The molecule has 1 saturated heterocycles. The van der Waals surface area contributed by atoms with Gasteiger partial charge in [0.1, 0.15) is 11.6 Å². The second kappa shape index (κ2) is 12.5. The molecule has 1 aliphatic heterocycles. The summed E-state index contributed by atoms with van der Waals surface area (Å²) in [4.78, 5) is 25.5. The molecule has 0 amide bonds. The van der Waals surface area contributed by atoms with Crippen LogP contribution in [0, 0.1) is 34.9 Å². The molecule has 2 bridgehead atoms. The Kier molecular flexibility index (Phi) is 8.68. The van der Waals surface area contributed by atoms with Gasteiger partial charge in [0.2, 0.25) is 0 Å². The maximum Gasteiger partial charge on any atom is 0.261 e. The highest BCUT2D eigenvalue weighted by atomic mass is 19.1. The predicted molar refractivity (Wildman–Crippen MR) is 175 cm³/mol. The summed E-state index contributed by atoms with van der Waals surface area (Å²) in [5.74, 6) is 3.57. The Labute approximate surface area is 260 Å². The third-order valence-corrected chi connectivity index (χ3v) is 11.0. The maximum atomic E-state index is 14.4. The van der Waals surface area contributed by atoms with Crippen LogP contribution in [0.2, 0.25) is 0 Å². The van der Waals surface area contributed by atoms with E-state index in [1.165, 1.54) is 26.0 Å². The summed E-state index contributed by atoms with van der Waals surface area (Å²) in [7, 11) is 1.51. The Balaban J connectivity index is 1.18. The molecule has 0 radical (unpaired) electrons. The second-order valence-electron chi connectivity index (χ2n) is 13.8. The minimum absolute atomic E-state index is 0.137. The molecule has 9 heteroatoms. The van der Waals surface area contributed by atoms with Gasteiger partial charge in [-0.2, -0.15) is 0 Å². The molecule has 3 saturated carbocycles. The highest BCUT2D eigenvalue weighted by Gasteiger charge is 2.56. The van der Waals surface area contributed by atoms with Gasteiger partial charge < -0.3 is 20.3 Å². The number of nitrogens with one attached hydrogen (secondary N) is 2. The monoisotopic (exact) mass is 602 g/mol. The van der Waals surface area contributed by atoms with Crippen molar-refractivity contribution in [1.29, 1.82) is 0 Å². The van der Waals surface area contributed by atoms with E-state index in [1.54, 1.807) is 23.0 Å². The molecular formula is C35H47FN6O2. The maximum absolute atomic E-state index is 14.4. The molecule has 0 spiro atoms. The van der Waals surface area contributed by atoms with Gasteiger partial charge in [0.25, 0.3) is 5.56 Å². The number of halogens is 1. The molecule has 44 heavy (non-hydrogen) atoms. The van der Waals surface area contributed by atoms with Crippen molar-refractivity contribution in [2.24, 2.45) is 34.1 Å². The first-order valence-electron chi connectivity index (χ1n) is 16.3. The number of hydrogen-bond acceptors (Lipinski definition) is 5. The Morgan fingerprint density at radius 3 is 2.75 bits per heavy atom. The van der Waals surface area contributed by atoms with Gasteiger partial charge in [0.05, 0.1) is 24.3 Å². The van der Waals surface area contributed by atoms with Gasteiger partial charge in [0.15, 0.2) is 5.96 Å². The van der Waals surface area contributed by atoms with Crippen LogP contribution in [0.3, 0.4) is 0 Å². The fraction of sp³-hybridized carbons (Fsp3) is 0.571. The minimum atomic E-state index is -0.341. The number of aromatic nitrogens is 2. The quantitative estimate of drug-likeness (QED) is 0.247. The molecule has 2 N–H and O–H groups in total. The fourth-order valence-electron chi connectivity index (χ4n) is 7.84. The smallest absolute Gasteiger partial charge is 0.261 e. The molecular weight excluding hydrogens is 555 g/mol. The lowest BCUT2D eigenvalue weighted by Crippen LogP contribution is -2.61. The molecule has 4 aliphatic rings. The molecule has 3 aromatic rings. The van der Waals surface area contributed by atoms with Gasteiger partial charge in [-0.25, -0.2) is 9.37 Å². The van der Waals surface area contributed by atoms with Crippen LogP contribution in [-0.2, 0) is 13.0 Å². The number of rotatable bonds is 9. The van der Waals surface area contributed by atoms with E-state index < -0.39 is 0 Å². The van der Waals surface area contributed by atoms with Crippen molar-refractivity contribution in [1.82, 2.24) is 19.8 Å². The van der Waals surface area contributed by atoms with E-state index in [1.807, 2.05) is 18.2 Å². The first-order valence-corrected chi connectivity index (χ1v) is 16.3. The number of ether oxygens (including phenoxy) is 1. The number of nitrogens with zero attached hydrogens (tertiary/aromatic N) is 4. The van der Waals surface area contributed by atoms with Crippen LogP contribution in [0.5, 0.6) is 5.75 Å². The average Bonchev–Trinajstić information content (AvgIpc) is 3.49. The van der Waals surface area contributed by atoms with Crippen LogP contribution >= 0.6 is 0 Å². The van der Waals surface area contributed by atoms with Crippen LogP contribution in [0.4, 0.5) is 10.1 Å². The lowest BCUT2D eigenvalue weighted by Gasteiger charge is -2.62. The van der Waals surface area contributed by atoms with E-state index in [0.29, 0.717) is 58.5 Å². The van der Waals surface area contributed by atoms with Crippen molar-refractivity contribution in [3.8, 4) is 5.75 Å². The molecule has 1 aromatic heterocycles. The highest BCUT2D eigenvalue weighted by molar-refractivity contribution is 5.95. The van der Waals surface area contributed by atoms with Crippen LogP contribution < -0.4 is 20.9 Å². The standard InChI is InChI=1S/C35H47FN6O2/c1-6-41-13-11-23(20-41)19-37-34(40-31-16-25-15-29(22(31)2)35(25,3)4)39-26-8-10-28-32(17-26)38-21-42(33(28)43)14-12-24-7-9-27(44-5)18-30(24)36/h7-10,17-18,21-23,25,29,31H,6,11-16,19-20H2,1-5H3,(H2,37,39,40). The molecule has 5 atom stereocenters. The van der Waals surface area contributed by atoms with Crippen LogP contribution in [0.25, 0.3) is 10.9 Å². The third kappa shape index (κ3) is 6.08. The second-order valence-corrected chi connectivity index (χ2v) is 13.8. The average molecular weight is 603 g/mol. The number of fused-ring (bicyclic) bond motifs is 3. The van der Waals surface area contributed by atoms with Gasteiger partial charge in [0, 0.05) is 37.4 Å². The fourth-order valence-corrected chi connectivity index (χ4v) is 7.84. The van der Waals surface area contributed by atoms with E-state index in [4.69, 9.17) is 9.73 Å². The predicted octanol–water partition coefficient (Wildman–Crippen LogP) is 5.56. The molecule has 5 unspecified atom stereocenters. The zero-order valence-electron chi connectivity index (χ0n) is 26.8. The molecule has 4 fully saturated rings. The number of aryl methyl sites for hydroxylation is 2. The van der Waals surface area contributed by atoms with Gasteiger partial charge in [-0.15, -0.1) is 0 Å². The van der Waals surface area contributed by atoms with Crippen molar-refractivity contribution in [3.63, 3.8) is 0 Å².